The molecule has 3 aromatic rings. The highest BCUT2D eigenvalue weighted by atomic mass is 19.1. The van der Waals surface area contributed by atoms with Crippen molar-refractivity contribution in [2.75, 3.05) is 18.1 Å². The molecule has 0 radical (unpaired) electrons. The molecule has 1 amide bonds. The van der Waals surface area contributed by atoms with E-state index in [-0.39, 0.29) is 22.7 Å². The van der Waals surface area contributed by atoms with Crippen LogP contribution in [0.4, 0.5) is 10.1 Å². The summed E-state index contributed by atoms with van der Waals surface area (Å²) < 4.78 is 26.0. The third kappa shape index (κ3) is 4.38. The average molecular weight is 558 g/mol. The molecule has 0 saturated heterocycles. The quantitative estimate of drug-likeness (QED) is 0.269. The van der Waals surface area contributed by atoms with Gasteiger partial charge >= 0.3 is 0 Å². The number of aromatic nitrogens is 2. The maximum Gasteiger partial charge on any atom is 0.233 e. The van der Waals surface area contributed by atoms with Crippen LogP contribution in [-0.2, 0) is 10.2 Å². The molecule has 216 valence electrons. The van der Waals surface area contributed by atoms with Crippen molar-refractivity contribution in [3.63, 3.8) is 0 Å². The van der Waals surface area contributed by atoms with E-state index in [2.05, 4.69) is 43.3 Å². The van der Waals surface area contributed by atoms with Crippen molar-refractivity contribution in [2.24, 2.45) is 10.8 Å². The Balaban J connectivity index is 1.15. The SMILES string of the molecule is CCOc1ccc(-c2cccc(N(CC34CCC(c5nc(C(C)C)no5)(CC3)CC4)C(=O)C34CC(F)(C3)C4)c2)cc1. The summed E-state index contributed by atoms with van der Waals surface area (Å²) in [6, 6.07) is 16.4. The van der Waals surface area contributed by atoms with Crippen molar-refractivity contribution in [2.45, 2.75) is 95.6 Å². The molecule has 41 heavy (non-hydrogen) atoms. The summed E-state index contributed by atoms with van der Waals surface area (Å²) in [7, 11) is 0. The molecule has 0 N–H and O–H groups in total. The lowest BCUT2D eigenvalue weighted by molar-refractivity contribution is -0.211. The molecule has 6 aliphatic rings. The van der Waals surface area contributed by atoms with Crippen LogP contribution >= 0.6 is 0 Å². The van der Waals surface area contributed by atoms with E-state index in [1.807, 2.05) is 36.1 Å². The second-order valence-corrected chi connectivity index (χ2v) is 13.8. The van der Waals surface area contributed by atoms with Gasteiger partial charge < -0.3 is 14.2 Å². The third-order valence-corrected chi connectivity index (χ3v) is 10.6. The van der Waals surface area contributed by atoms with Crippen molar-refractivity contribution >= 4 is 11.6 Å². The second kappa shape index (κ2) is 9.40. The summed E-state index contributed by atoms with van der Waals surface area (Å²) >= 11 is 0. The maximum atomic E-state index is 14.6. The van der Waals surface area contributed by atoms with Gasteiger partial charge in [0, 0.05) is 23.6 Å². The number of ether oxygens (including phenoxy) is 1. The van der Waals surface area contributed by atoms with Crippen molar-refractivity contribution in [3.8, 4) is 16.9 Å². The highest BCUT2D eigenvalue weighted by Gasteiger charge is 2.73. The second-order valence-electron chi connectivity index (χ2n) is 13.8. The standard InChI is InChI=1S/C34H40FN3O3/c1-4-40-27-10-8-24(9-11-27)25-6-5-7-26(18-25)38(30(39)33-19-34(35,20-33)21-33)22-31-12-15-32(16-13-31,17-14-31)29-36-28(23(2)3)37-41-29/h5-11,18,23H,4,12-17,19-22H2,1-3H3. The lowest BCUT2D eigenvalue weighted by atomic mass is 9.41. The van der Waals surface area contributed by atoms with Crippen LogP contribution in [0.25, 0.3) is 11.1 Å². The van der Waals surface area contributed by atoms with Gasteiger partial charge in [-0.1, -0.05) is 43.3 Å². The summed E-state index contributed by atoms with van der Waals surface area (Å²) in [5, 5.41) is 4.25. The molecule has 6 nitrogen and oxygen atoms in total. The van der Waals surface area contributed by atoms with Crippen LogP contribution in [0.15, 0.2) is 53.1 Å². The Morgan fingerprint density at radius 1 is 1.00 bits per heavy atom. The maximum absolute atomic E-state index is 14.6. The molecule has 2 aromatic carbocycles. The van der Waals surface area contributed by atoms with E-state index in [9.17, 15) is 9.18 Å². The van der Waals surface area contributed by atoms with Crippen LogP contribution < -0.4 is 9.64 Å². The van der Waals surface area contributed by atoms with Crippen molar-refractivity contribution in [1.29, 1.82) is 0 Å². The normalized spacial score (nSPS) is 31.4. The van der Waals surface area contributed by atoms with Gasteiger partial charge in [0.25, 0.3) is 0 Å². The van der Waals surface area contributed by atoms with E-state index < -0.39 is 11.1 Å². The van der Waals surface area contributed by atoms with Crippen molar-refractivity contribution in [3.05, 3.63) is 60.2 Å². The summed E-state index contributed by atoms with van der Waals surface area (Å²) in [5.74, 6) is 2.78. The number of benzene rings is 2. The first-order chi connectivity index (χ1) is 19.7. The van der Waals surface area contributed by atoms with Crippen LogP contribution in [0.5, 0.6) is 5.75 Å². The lowest BCUT2D eigenvalue weighted by Gasteiger charge is -2.65. The fourth-order valence-electron chi connectivity index (χ4n) is 8.06. The fraction of sp³-hybridized carbons (Fsp3) is 0.559. The first-order valence-corrected chi connectivity index (χ1v) is 15.3. The Kier molecular flexibility index (Phi) is 6.11. The minimum absolute atomic E-state index is 0.0429. The minimum atomic E-state index is -1.11. The minimum Gasteiger partial charge on any atom is -0.494 e. The molecule has 0 unspecified atom stereocenters. The van der Waals surface area contributed by atoms with Gasteiger partial charge in [-0.25, -0.2) is 4.39 Å². The molecule has 0 spiro atoms. The predicted molar refractivity (Wildman–Crippen MR) is 156 cm³/mol. The molecule has 7 heteroatoms. The van der Waals surface area contributed by atoms with Gasteiger partial charge in [-0.3, -0.25) is 4.79 Å². The number of carbonyl (C=O) groups is 1. The van der Waals surface area contributed by atoms with Gasteiger partial charge in [0.15, 0.2) is 5.82 Å². The number of fused-ring (bicyclic) bond motifs is 3. The smallest absolute Gasteiger partial charge is 0.233 e. The molecule has 6 fully saturated rings. The largest absolute Gasteiger partial charge is 0.494 e. The summed E-state index contributed by atoms with van der Waals surface area (Å²) in [5.41, 5.74) is 1.42. The van der Waals surface area contributed by atoms with E-state index in [4.69, 9.17) is 14.2 Å². The topological polar surface area (TPSA) is 68.5 Å². The molecule has 1 aromatic heterocycles. The van der Waals surface area contributed by atoms with Gasteiger partial charge in [0.05, 0.1) is 12.0 Å². The summed E-state index contributed by atoms with van der Waals surface area (Å²) in [6.07, 6.45) is 7.19. The zero-order chi connectivity index (χ0) is 28.5. The molecule has 0 aliphatic heterocycles. The van der Waals surface area contributed by atoms with Crippen molar-refractivity contribution in [1.82, 2.24) is 10.1 Å². The fourth-order valence-corrected chi connectivity index (χ4v) is 8.06. The number of hydrogen-bond donors (Lipinski definition) is 0. The Morgan fingerprint density at radius 3 is 2.27 bits per heavy atom. The van der Waals surface area contributed by atoms with Crippen LogP contribution in [0.3, 0.4) is 0 Å². The van der Waals surface area contributed by atoms with Crippen LogP contribution in [0.1, 0.15) is 96.2 Å². The average Bonchev–Trinajstić information content (AvgIpc) is 3.47. The van der Waals surface area contributed by atoms with Gasteiger partial charge in [0.2, 0.25) is 11.8 Å². The van der Waals surface area contributed by atoms with Crippen LogP contribution in [-0.4, -0.2) is 34.9 Å². The molecule has 0 atom stereocenters. The molecule has 9 rings (SSSR count). The summed E-state index contributed by atoms with van der Waals surface area (Å²) in [6.45, 7) is 7.46. The zero-order valence-electron chi connectivity index (χ0n) is 24.4. The Bertz CT molecular complexity index is 1420. The number of nitrogens with zero attached hydrogens (tertiary/aromatic N) is 3. The predicted octanol–water partition coefficient (Wildman–Crippen LogP) is 7.78. The number of hydrogen-bond acceptors (Lipinski definition) is 5. The Labute approximate surface area is 241 Å². The number of halogens is 1. The zero-order valence-corrected chi connectivity index (χ0v) is 24.4. The lowest BCUT2D eigenvalue weighted by Crippen LogP contribution is -2.71. The molecular weight excluding hydrogens is 517 g/mol. The number of anilines is 1. The molecule has 1 heterocycles. The van der Waals surface area contributed by atoms with Gasteiger partial charge in [0.1, 0.15) is 11.4 Å². The highest BCUT2D eigenvalue weighted by Crippen LogP contribution is 2.70. The number of amides is 1. The van der Waals surface area contributed by atoms with Crippen molar-refractivity contribution < 1.29 is 18.4 Å². The Hall–Kier alpha value is -3.22. The first kappa shape index (κ1) is 26.7. The Morgan fingerprint density at radius 2 is 1.68 bits per heavy atom. The van der Waals surface area contributed by atoms with Gasteiger partial charge in [-0.05, 0) is 106 Å². The van der Waals surface area contributed by atoms with Crippen LogP contribution in [0, 0.1) is 10.8 Å². The molecule has 6 aliphatic carbocycles. The molecule has 6 saturated carbocycles. The highest BCUT2D eigenvalue weighted by molar-refractivity contribution is 6.00. The monoisotopic (exact) mass is 557 g/mol. The number of carbonyl (C=O) groups excluding carboxylic acids is 1. The van der Waals surface area contributed by atoms with Crippen LogP contribution in [0.2, 0.25) is 0 Å². The van der Waals surface area contributed by atoms with E-state index in [0.29, 0.717) is 32.4 Å². The summed E-state index contributed by atoms with van der Waals surface area (Å²) in [4.78, 5) is 21.0. The van der Waals surface area contributed by atoms with E-state index in [1.54, 1.807) is 0 Å². The van der Waals surface area contributed by atoms with E-state index in [1.165, 1.54) is 0 Å². The van der Waals surface area contributed by atoms with Gasteiger partial charge in [-0.15, -0.1) is 0 Å². The van der Waals surface area contributed by atoms with Gasteiger partial charge in [-0.2, -0.15) is 4.98 Å². The number of alkyl halides is 1. The first-order valence-electron chi connectivity index (χ1n) is 15.3. The third-order valence-electron chi connectivity index (χ3n) is 10.6. The number of rotatable bonds is 9. The molecular formula is C34H40FN3O3. The van der Waals surface area contributed by atoms with E-state index >= 15 is 0 Å². The van der Waals surface area contributed by atoms with E-state index in [0.717, 1.165) is 72.8 Å². The molecule has 4 bridgehead atoms.